The normalized spacial score (nSPS) is 11.2. The summed E-state index contributed by atoms with van der Waals surface area (Å²) in [5.74, 6) is -0.615. The van der Waals surface area contributed by atoms with Crippen molar-refractivity contribution in [1.29, 1.82) is 0 Å². The van der Waals surface area contributed by atoms with Crippen molar-refractivity contribution >= 4 is 44.4 Å². The first-order valence-corrected chi connectivity index (χ1v) is 9.16. The molecule has 0 spiro atoms. The van der Waals surface area contributed by atoms with Gasteiger partial charge in [0.05, 0.1) is 24.1 Å². The van der Waals surface area contributed by atoms with E-state index in [1.165, 1.54) is 36.6 Å². The summed E-state index contributed by atoms with van der Waals surface area (Å²) in [5, 5.41) is 3.05. The van der Waals surface area contributed by atoms with E-state index in [4.69, 9.17) is 16.3 Å². The Morgan fingerprint density at radius 2 is 2.18 bits per heavy atom. The molecule has 0 atom stereocenters. The Bertz CT molecular complexity index is 802. The molecule has 0 aliphatic rings. The first kappa shape index (κ1) is 16.7. The first-order valence-electron chi connectivity index (χ1n) is 6.08. The quantitative estimate of drug-likeness (QED) is 0.825. The molecule has 0 saturated heterocycles. The lowest BCUT2D eigenvalue weighted by Gasteiger charge is -2.11. The van der Waals surface area contributed by atoms with Crippen molar-refractivity contribution in [2.24, 2.45) is 0 Å². The number of carbonyl (C=O) groups is 1. The summed E-state index contributed by atoms with van der Waals surface area (Å²) in [6.45, 7) is 0.409. The molecule has 6 nitrogen and oxygen atoms in total. The fourth-order valence-electron chi connectivity index (χ4n) is 1.73. The lowest BCUT2D eigenvalue weighted by molar-refractivity contribution is 0.0601. The number of carbonyl (C=O) groups excluding carboxylic acids is 1. The van der Waals surface area contributed by atoms with E-state index in [1.807, 2.05) is 0 Å². The number of nitrogens with one attached hydrogen (secondary N) is 1. The zero-order chi connectivity index (χ0) is 16.3. The molecule has 0 aliphatic carbocycles. The van der Waals surface area contributed by atoms with Gasteiger partial charge in [-0.2, -0.15) is 0 Å². The largest absolute Gasteiger partial charge is 0.465 e. The van der Waals surface area contributed by atoms with Crippen molar-refractivity contribution in [3.05, 3.63) is 39.3 Å². The fraction of sp³-hybridized carbons (Fsp3) is 0.231. The minimum absolute atomic E-state index is 0.0549. The molecular weight excluding hydrogens is 348 g/mol. The smallest absolute Gasteiger partial charge is 0.340 e. The highest BCUT2D eigenvalue weighted by Crippen LogP contribution is 2.24. The molecule has 0 radical (unpaired) electrons. The second kappa shape index (κ2) is 6.64. The van der Waals surface area contributed by atoms with E-state index in [-0.39, 0.29) is 10.5 Å². The maximum Gasteiger partial charge on any atom is 0.340 e. The number of nitrogens with zero attached hydrogens (tertiary/aromatic N) is 1. The van der Waals surface area contributed by atoms with E-state index in [2.05, 4.69) is 10.3 Å². The van der Waals surface area contributed by atoms with E-state index in [0.717, 1.165) is 11.1 Å². The van der Waals surface area contributed by atoms with Gasteiger partial charge in [-0.05, 0) is 18.2 Å². The Balaban J connectivity index is 2.31. The van der Waals surface area contributed by atoms with Crippen molar-refractivity contribution in [2.75, 3.05) is 18.7 Å². The van der Waals surface area contributed by atoms with Gasteiger partial charge in [0, 0.05) is 23.0 Å². The molecule has 1 N–H and O–H groups in total. The van der Waals surface area contributed by atoms with Gasteiger partial charge < -0.3 is 10.1 Å². The second-order valence-electron chi connectivity index (χ2n) is 4.40. The van der Waals surface area contributed by atoms with Gasteiger partial charge in [-0.15, -0.1) is 11.3 Å². The summed E-state index contributed by atoms with van der Waals surface area (Å²) in [7, 11) is -2.17. The van der Waals surface area contributed by atoms with E-state index in [0.29, 0.717) is 16.7 Å². The Kier molecular flexibility index (Phi) is 5.05. The minimum atomic E-state index is -3.41. The molecule has 2 rings (SSSR count). The Hall–Kier alpha value is -1.64. The van der Waals surface area contributed by atoms with Gasteiger partial charge in [0.1, 0.15) is 0 Å². The minimum Gasteiger partial charge on any atom is -0.465 e. The Labute approximate surface area is 137 Å². The van der Waals surface area contributed by atoms with Gasteiger partial charge in [-0.3, -0.25) is 0 Å². The summed E-state index contributed by atoms with van der Waals surface area (Å²) in [5.41, 5.74) is 0.629. The predicted octanol–water partition coefficient (Wildman–Crippen LogP) is 2.60. The molecule has 0 unspecified atom stereocenters. The van der Waals surface area contributed by atoms with Crippen molar-refractivity contribution < 1.29 is 17.9 Å². The van der Waals surface area contributed by atoms with Crippen LogP contribution in [0.2, 0.25) is 4.47 Å². The van der Waals surface area contributed by atoms with Crippen LogP contribution in [-0.2, 0) is 21.1 Å². The zero-order valence-corrected chi connectivity index (χ0v) is 14.2. The maximum atomic E-state index is 11.8. The fourth-order valence-corrected chi connectivity index (χ4v) is 3.30. The molecular formula is C13H13ClN2O4S2. The van der Waals surface area contributed by atoms with Crippen LogP contribution in [0, 0.1) is 0 Å². The van der Waals surface area contributed by atoms with Crippen LogP contribution in [0.15, 0.2) is 29.3 Å². The summed E-state index contributed by atoms with van der Waals surface area (Å²) in [4.78, 5) is 16.7. The lowest BCUT2D eigenvalue weighted by Crippen LogP contribution is -2.10. The summed E-state index contributed by atoms with van der Waals surface area (Å²) in [6, 6.07) is 4.26. The molecule has 1 aromatic carbocycles. The highest BCUT2D eigenvalue weighted by molar-refractivity contribution is 7.90. The van der Waals surface area contributed by atoms with E-state index >= 15 is 0 Å². The monoisotopic (exact) mass is 360 g/mol. The number of hydrogen-bond donors (Lipinski definition) is 1. The molecule has 1 heterocycles. The third-order valence-electron chi connectivity index (χ3n) is 2.80. The second-order valence-corrected chi connectivity index (χ2v) is 8.12. The van der Waals surface area contributed by atoms with Crippen molar-refractivity contribution in [3.8, 4) is 0 Å². The highest BCUT2D eigenvalue weighted by Gasteiger charge is 2.17. The molecule has 0 saturated carbocycles. The van der Waals surface area contributed by atoms with Crippen LogP contribution in [0.25, 0.3) is 0 Å². The number of rotatable bonds is 5. The number of benzene rings is 1. The van der Waals surface area contributed by atoms with E-state index in [9.17, 15) is 13.2 Å². The Morgan fingerprint density at radius 1 is 1.45 bits per heavy atom. The summed E-state index contributed by atoms with van der Waals surface area (Å²) < 4.78 is 28.3. The van der Waals surface area contributed by atoms with Crippen molar-refractivity contribution in [3.63, 3.8) is 0 Å². The van der Waals surface area contributed by atoms with Gasteiger partial charge in [-0.1, -0.05) is 11.6 Å². The van der Waals surface area contributed by atoms with Crippen LogP contribution in [0.5, 0.6) is 0 Å². The van der Waals surface area contributed by atoms with Gasteiger partial charge in [0.15, 0.2) is 14.3 Å². The zero-order valence-electron chi connectivity index (χ0n) is 11.8. The standard InChI is InChI=1S/C13H13ClN2O4S2/c1-20-12(17)10-5-9(22(2,18)19)3-4-11(10)15-6-8-7-16-13(14)21-8/h3-5,7,15H,6H2,1-2H3. The van der Waals surface area contributed by atoms with Crippen LogP contribution in [0.3, 0.4) is 0 Å². The predicted molar refractivity (Wildman–Crippen MR) is 85.3 cm³/mol. The maximum absolute atomic E-state index is 11.8. The number of thiazole rings is 1. The lowest BCUT2D eigenvalue weighted by atomic mass is 10.2. The number of methoxy groups -OCH3 is 1. The van der Waals surface area contributed by atoms with E-state index in [1.54, 1.807) is 6.20 Å². The number of ether oxygens (including phenoxy) is 1. The van der Waals surface area contributed by atoms with Crippen LogP contribution in [-0.4, -0.2) is 32.7 Å². The molecule has 0 aliphatic heterocycles. The molecule has 0 amide bonds. The van der Waals surface area contributed by atoms with Gasteiger partial charge in [0.25, 0.3) is 0 Å². The molecule has 1 aromatic heterocycles. The van der Waals surface area contributed by atoms with Gasteiger partial charge >= 0.3 is 5.97 Å². The molecule has 9 heteroatoms. The highest BCUT2D eigenvalue weighted by atomic mass is 35.5. The van der Waals surface area contributed by atoms with Crippen LogP contribution >= 0.6 is 22.9 Å². The summed E-state index contributed by atoms with van der Waals surface area (Å²) in [6.07, 6.45) is 2.71. The van der Waals surface area contributed by atoms with Crippen LogP contribution in [0.4, 0.5) is 5.69 Å². The Morgan fingerprint density at radius 3 is 2.73 bits per heavy atom. The van der Waals surface area contributed by atoms with Gasteiger partial charge in [0.2, 0.25) is 0 Å². The third-order valence-corrected chi connectivity index (χ3v) is 5.03. The number of sulfone groups is 1. The third kappa shape index (κ3) is 3.96. The van der Waals surface area contributed by atoms with Crippen LogP contribution in [0.1, 0.15) is 15.2 Å². The number of halogens is 1. The molecule has 22 heavy (non-hydrogen) atoms. The molecule has 0 fully saturated rings. The van der Waals surface area contributed by atoms with E-state index < -0.39 is 15.8 Å². The average molecular weight is 361 g/mol. The van der Waals surface area contributed by atoms with Crippen LogP contribution < -0.4 is 5.32 Å². The number of esters is 1. The molecule has 118 valence electrons. The van der Waals surface area contributed by atoms with Gasteiger partial charge in [-0.25, -0.2) is 18.2 Å². The summed E-state index contributed by atoms with van der Waals surface area (Å²) >= 11 is 7.07. The number of hydrogen-bond acceptors (Lipinski definition) is 7. The first-order chi connectivity index (χ1) is 10.3. The number of anilines is 1. The van der Waals surface area contributed by atoms with Crippen molar-refractivity contribution in [2.45, 2.75) is 11.4 Å². The average Bonchev–Trinajstić information content (AvgIpc) is 2.88. The number of aromatic nitrogens is 1. The van der Waals surface area contributed by atoms with Crippen molar-refractivity contribution in [1.82, 2.24) is 4.98 Å². The molecule has 0 bridgehead atoms. The SMILES string of the molecule is COC(=O)c1cc(S(C)(=O)=O)ccc1NCc1cnc(Cl)s1. The topological polar surface area (TPSA) is 85.4 Å². The molecule has 2 aromatic rings.